The summed E-state index contributed by atoms with van der Waals surface area (Å²) in [4.78, 5) is 11.8. The van der Waals surface area contributed by atoms with Gasteiger partial charge >= 0.3 is 0 Å². The Morgan fingerprint density at radius 1 is 0.914 bits per heavy atom. The van der Waals surface area contributed by atoms with E-state index in [1.54, 1.807) is 11.3 Å². The van der Waals surface area contributed by atoms with Crippen molar-refractivity contribution in [3.8, 4) is 0 Å². The van der Waals surface area contributed by atoms with Crippen LogP contribution < -0.4 is 10.6 Å². The van der Waals surface area contributed by atoms with Crippen LogP contribution in [0.3, 0.4) is 0 Å². The van der Waals surface area contributed by atoms with Gasteiger partial charge in [-0.25, -0.2) is 4.98 Å². The normalized spacial score (nSPS) is 17.1. The number of pyridine rings is 2. The number of aromatic nitrogens is 4. The quantitative estimate of drug-likeness (QED) is 0.355. The maximum absolute atomic E-state index is 5.44. The van der Waals surface area contributed by atoms with Crippen LogP contribution >= 0.6 is 11.3 Å². The van der Waals surface area contributed by atoms with Crippen LogP contribution in [0.2, 0.25) is 0 Å². The zero-order valence-electron chi connectivity index (χ0n) is 19.6. The van der Waals surface area contributed by atoms with E-state index in [4.69, 9.17) is 9.72 Å². The van der Waals surface area contributed by atoms with E-state index in [2.05, 4.69) is 55.0 Å². The minimum absolute atomic E-state index is 0.568. The van der Waals surface area contributed by atoms with Crippen molar-refractivity contribution in [3.05, 3.63) is 59.2 Å². The highest BCUT2D eigenvalue weighted by atomic mass is 32.1. The minimum atomic E-state index is 0.568. The van der Waals surface area contributed by atoms with Gasteiger partial charge in [-0.15, -0.1) is 10.2 Å². The third kappa shape index (κ3) is 5.42. The van der Waals surface area contributed by atoms with Gasteiger partial charge in [0.25, 0.3) is 0 Å². The van der Waals surface area contributed by atoms with Crippen molar-refractivity contribution >= 4 is 44.7 Å². The number of morpholine rings is 1. The first kappa shape index (κ1) is 22.3. The van der Waals surface area contributed by atoms with Crippen LogP contribution in [0, 0.1) is 0 Å². The van der Waals surface area contributed by atoms with Crippen molar-refractivity contribution in [3.63, 3.8) is 0 Å². The summed E-state index contributed by atoms with van der Waals surface area (Å²) in [7, 11) is 0. The molecule has 2 N–H and O–H groups in total. The lowest BCUT2D eigenvalue weighted by molar-refractivity contribution is 0.0342. The predicted octanol–water partition coefficient (Wildman–Crippen LogP) is 5.46. The number of hydrogen-bond acceptors (Lipinski definition) is 9. The van der Waals surface area contributed by atoms with Gasteiger partial charge < -0.3 is 15.4 Å². The average Bonchev–Trinajstić information content (AvgIpc) is 3.58. The summed E-state index contributed by atoms with van der Waals surface area (Å²) in [6, 6.07) is 14.5. The summed E-state index contributed by atoms with van der Waals surface area (Å²) in [6.45, 7) is 4.59. The summed E-state index contributed by atoms with van der Waals surface area (Å²) in [5.41, 5.74) is 4.91. The van der Waals surface area contributed by atoms with E-state index >= 15 is 0 Å². The summed E-state index contributed by atoms with van der Waals surface area (Å²) < 4.78 is 5.44. The number of nitrogens with zero attached hydrogens (tertiary/aromatic N) is 5. The molecule has 1 saturated heterocycles. The summed E-state index contributed by atoms with van der Waals surface area (Å²) in [5.74, 6) is 1.32. The topological polar surface area (TPSA) is 88.1 Å². The van der Waals surface area contributed by atoms with Crippen LogP contribution in [0.4, 0.5) is 22.3 Å². The first-order chi connectivity index (χ1) is 17.3. The Morgan fingerprint density at radius 2 is 1.74 bits per heavy atom. The number of benzene rings is 1. The molecule has 9 heteroatoms. The van der Waals surface area contributed by atoms with Gasteiger partial charge in [-0.1, -0.05) is 36.3 Å². The smallest absolute Gasteiger partial charge is 0.211 e. The Morgan fingerprint density at radius 3 is 2.57 bits per heavy atom. The predicted molar refractivity (Wildman–Crippen MR) is 140 cm³/mol. The maximum Gasteiger partial charge on any atom is 0.211 e. The molecule has 8 nitrogen and oxygen atoms in total. The van der Waals surface area contributed by atoms with Crippen molar-refractivity contribution in [2.75, 3.05) is 36.9 Å². The number of nitrogens with one attached hydrogen (secondary N) is 2. The zero-order valence-corrected chi connectivity index (χ0v) is 20.4. The number of hydrogen-bond donors (Lipinski definition) is 2. The van der Waals surface area contributed by atoms with E-state index in [0.717, 1.165) is 71.2 Å². The Bertz CT molecular complexity index is 1280. The van der Waals surface area contributed by atoms with Gasteiger partial charge in [-0.2, -0.15) is 0 Å². The molecule has 35 heavy (non-hydrogen) atoms. The van der Waals surface area contributed by atoms with E-state index in [9.17, 15) is 0 Å². The van der Waals surface area contributed by atoms with Gasteiger partial charge in [0.2, 0.25) is 5.13 Å². The van der Waals surface area contributed by atoms with Crippen LogP contribution in [-0.4, -0.2) is 51.4 Å². The maximum atomic E-state index is 5.44. The minimum Gasteiger partial charge on any atom is -0.379 e. The van der Waals surface area contributed by atoms with Gasteiger partial charge in [0.1, 0.15) is 10.8 Å². The molecule has 0 amide bonds. The van der Waals surface area contributed by atoms with Gasteiger partial charge in [0.15, 0.2) is 0 Å². The van der Waals surface area contributed by atoms with Crippen LogP contribution in [0.5, 0.6) is 0 Å². The second-order valence-corrected chi connectivity index (χ2v) is 10.2. The lowest BCUT2D eigenvalue weighted by atomic mass is 10.1. The largest absolute Gasteiger partial charge is 0.379 e. The highest BCUT2D eigenvalue weighted by Gasteiger charge is 2.21. The van der Waals surface area contributed by atoms with Crippen molar-refractivity contribution in [2.45, 2.75) is 38.1 Å². The molecular formula is C26H29N7OS. The van der Waals surface area contributed by atoms with Crippen molar-refractivity contribution in [2.24, 2.45) is 0 Å². The first-order valence-corrected chi connectivity index (χ1v) is 13.1. The second kappa shape index (κ2) is 10.2. The van der Waals surface area contributed by atoms with Gasteiger partial charge in [-0.3, -0.25) is 9.88 Å². The summed E-state index contributed by atoms with van der Waals surface area (Å²) >= 11 is 1.64. The Balaban J connectivity index is 1.12. The Kier molecular flexibility index (Phi) is 6.53. The molecule has 0 radical (unpaired) electrons. The van der Waals surface area contributed by atoms with E-state index < -0.39 is 0 Å². The number of rotatable bonds is 7. The molecule has 6 rings (SSSR count). The molecule has 1 aliphatic carbocycles. The molecule has 1 saturated carbocycles. The van der Waals surface area contributed by atoms with Crippen LogP contribution in [0.1, 0.15) is 42.2 Å². The van der Waals surface area contributed by atoms with E-state index in [-0.39, 0.29) is 0 Å². The van der Waals surface area contributed by atoms with Crippen LogP contribution in [0.25, 0.3) is 11.0 Å². The molecule has 4 aromatic rings. The lowest BCUT2D eigenvalue weighted by Crippen LogP contribution is -2.35. The van der Waals surface area contributed by atoms with Crippen LogP contribution in [0.15, 0.2) is 48.7 Å². The average molecular weight is 488 g/mol. The highest BCUT2D eigenvalue weighted by Crippen LogP contribution is 2.37. The third-order valence-electron chi connectivity index (χ3n) is 6.67. The monoisotopic (exact) mass is 487 g/mol. The van der Waals surface area contributed by atoms with Crippen molar-refractivity contribution < 1.29 is 4.74 Å². The molecule has 1 aliphatic heterocycles. The first-order valence-electron chi connectivity index (χ1n) is 12.3. The third-order valence-corrected chi connectivity index (χ3v) is 7.67. The fourth-order valence-corrected chi connectivity index (χ4v) is 5.67. The molecule has 3 aromatic heterocycles. The molecular weight excluding hydrogens is 458 g/mol. The highest BCUT2D eigenvalue weighted by molar-refractivity contribution is 7.15. The molecule has 0 spiro atoms. The lowest BCUT2D eigenvalue weighted by Gasteiger charge is -2.26. The molecule has 1 aromatic carbocycles. The van der Waals surface area contributed by atoms with E-state index in [1.165, 1.54) is 31.2 Å². The van der Waals surface area contributed by atoms with Crippen LogP contribution in [-0.2, 0) is 11.3 Å². The zero-order chi connectivity index (χ0) is 23.5. The summed E-state index contributed by atoms with van der Waals surface area (Å²) in [5, 5.41) is 17.4. The molecule has 0 bridgehead atoms. The molecule has 0 unspecified atom stereocenters. The van der Waals surface area contributed by atoms with Gasteiger partial charge in [-0.05, 0) is 48.7 Å². The number of ether oxygens (including phenoxy) is 1. The fraction of sp³-hybridized carbons (Fsp3) is 0.385. The Hall–Kier alpha value is -3.14. The molecule has 2 aliphatic rings. The Labute approximate surface area is 208 Å². The fourth-order valence-electron chi connectivity index (χ4n) is 4.75. The van der Waals surface area contributed by atoms with Gasteiger partial charge in [0, 0.05) is 31.2 Å². The number of fused-ring (bicyclic) bond motifs is 1. The standard InChI is InChI=1S/C26H29N7OS/c1-2-4-19(3-1)25-31-32-26(35-25)30-24-10-9-22-23(29-24)15-21(16-27-22)28-20-7-5-18(6-8-20)17-33-11-13-34-14-12-33/h5-10,15-16,19,28H,1-4,11-14,17H2,(H,29,30,32). The molecule has 180 valence electrons. The summed E-state index contributed by atoms with van der Waals surface area (Å²) in [6.07, 6.45) is 6.88. The molecule has 4 heterocycles. The SMILES string of the molecule is c1cc(Nc2cnc3ccc(Nc4nnc(C5CCCC5)s4)nc3c2)ccc1CN1CCOCC1. The molecule has 2 fully saturated rings. The van der Waals surface area contributed by atoms with E-state index in [0.29, 0.717) is 5.92 Å². The van der Waals surface area contributed by atoms with E-state index in [1.807, 2.05) is 24.4 Å². The van der Waals surface area contributed by atoms with Crippen molar-refractivity contribution in [1.82, 2.24) is 25.1 Å². The van der Waals surface area contributed by atoms with Crippen molar-refractivity contribution in [1.29, 1.82) is 0 Å². The van der Waals surface area contributed by atoms with Gasteiger partial charge in [0.05, 0.1) is 36.1 Å². The second-order valence-electron chi connectivity index (χ2n) is 9.22. The number of anilines is 4. The molecule has 0 atom stereocenters.